The van der Waals surface area contributed by atoms with E-state index in [-0.39, 0.29) is 0 Å². The standard InChI is InChI=1S/C10H16N2O/c1-8(10-3-2-4-11-10)12-5-9(6-12)7-13/h2-4,8-9,11,13H,5-7H2,1H3/t8-/m1/s1. The number of nitrogens with one attached hydrogen (secondary N) is 1. The summed E-state index contributed by atoms with van der Waals surface area (Å²) in [4.78, 5) is 5.58. The maximum absolute atomic E-state index is 8.88. The van der Waals surface area contributed by atoms with Crippen LogP contribution in [-0.4, -0.2) is 34.7 Å². The van der Waals surface area contributed by atoms with Crippen LogP contribution in [0.25, 0.3) is 0 Å². The lowest BCUT2D eigenvalue weighted by Gasteiger charge is -2.42. The Bertz CT molecular complexity index is 252. The number of hydrogen-bond acceptors (Lipinski definition) is 2. The Hall–Kier alpha value is -0.800. The van der Waals surface area contributed by atoms with Crippen LogP contribution in [0.4, 0.5) is 0 Å². The van der Waals surface area contributed by atoms with Crippen molar-refractivity contribution in [3.05, 3.63) is 24.0 Å². The van der Waals surface area contributed by atoms with Crippen LogP contribution in [0.5, 0.6) is 0 Å². The minimum atomic E-state index is 0.327. The van der Waals surface area contributed by atoms with Gasteiger partial charge in [0.1, 0.15) is 0 Å². The van der Waals surface area contributed by atoms with Crippen LogP contribution >= 0.6 is 0 Å². The van der Waals surface area contributed by atoms with Crippen LogP contribution in [0.2, 0.25) is 0 Å². The molecule has 0 spiro atoms. The van der Waals surface area contributed by atoms with Crippen LogP contribution in [0.15, 0.2) is 18.3 Å². The second kappa shape index (κ2) is 3.52. The molecule has 1 aliphatic heterocycles. The van der Waals surface area contributed by atoms with Crippen molar-refractivity contribution in [3.63, 3.8) is 0 Å². The van der Waals surface area contributed by atoms with Crippen molar-refractivity contribution in [2.45, 2.75) is 13.0 Å². The zero-order valence-electron chi connectivity index (χ0n) is 7.90. The van der Waals surface area contributed by atoms with E-state index >= 15 is 0 Å². The van der Waals surface area contributed by atoms with Gasteiger partial charge in [-0.1, -0.05) is 0 Å². The molecule has 0 radical (unpaired) electrons. The average molecular weight is 180 g/mol. The Labute approximate surface area is 78.4 Å². The number of aromatic nitrogens is 1. The molecule has 1 aromatic heterocycles. The van der Waals surface area contributed by atoms with Gasteiger partial charge in [-0.05, 0) is 19.1 Å². The Morgan fingerprint density at radius 2 is 2.46 bits per heavy atom. The molecule has 1 fully saturated rings. The lowest BCUT2D eigenvalue weighted by molar-refractivity contribution is 0.0234. The number of likely N-dealkylation sites (tertiary alicyclic amines) is 1. The van der Waals surface area contributed by atoms with Crippen molar-refractivity contribution in [1.82, 2.24) is 9.88 Å². The third-order valence-corrected chi connectivity index (χ3v) is 2.86. The summed E-state index contributed by atoms with van der Waals surface area (Å²) in [5.41, 5.74) is 1.26. The van der Waals surface area contributed by atoms with Gasteiger partial charge in [-0.25, -0.2) is 0 Å². The Morgan fingerprint density at radius 3 is 3.00 bits per heavy atom. The van der Waals surface area contributed by atoms with Crippen molar-refractivity contribution in [2.24, 2.45) is 5.92 Å². The molecule has 0 saturated carbocycles. The van der Waals surface area contributed by atoms with E-state index < -0.39 is 0 Å². The van der Waals surface area contributed by atoms with E-state index in [0.717, 1.165) is 13.1 Å². The molecule has 2 rings (SSSR count). The molecule has 0 aliphatic carbocycles. The highest BCUT2D eigenvalue weighted by atomic mass is 16.3. The van der Waals surface area contributed by atoms with Crippen molar-refractivity contribution in [3.8, 4) is 0 Å². The molecule has 72 valence electrons. The van der Waals surface area contributed by atoms with Gasteiger partial charge in [0, 0.05) is 43.5 Å². The molecule has 3 nitrogen and oxygen atoms in total. The molecule has 2 heterocycles. The summed E-state index contributed by atoms with van der Waals surface area (Å²) in [7, 11) is 0. The van der Waals surface area contributed by atoms with Crippen molar-refractivity contribution < 1.29 is 5.11 Å². The number of aliphatic hydroxyl groups excluding tert-OH is 1. The average Bonchev–Trinajstić information content (AvgIpc) is 2.53. The molecule has 1 saturated heterocycles. The predicted molar refractivity (Wildman–Crippen MR) is 51.4 cm³/mol. The molecule has 1 aromatic rings. The molecule has 1 atom stereocenters. The quantitative estimate of drug-likeness (QED) is 0.728. The summed E-state index contributed by atoms with van der Waals surface area (Å²) < 4.78 is 0. The van der Waals surface area contributed by atoms with E-state index in [1.807, 2.05) is 12.3 Å². The van der Waals surface area contributed by atoms with E-state index in [4.69, 9.17) is 5.11 Å². The highest BCUT2D eigenvalue weighted by Crippen LogP contribution is 2.26. The van der Waals surface area contributed by atoms with Gasteiger partial charge < -0.3 is 10.1 Å². The number of hydrogen-bond donors (Lipinski definition) is 2. The van der Waals surface area contributed by atoms with Gasteiger partial charge >= 0.3 is 0 Å². The van der Waals surface area contributed by atoms with E-state index in [2.05, 4.69) is 22.9 Å². The van der Waals surface area contributed by atoms with Crippen LogP contribution in [0.3, 0.4) is 0 Å². The van der Waals surface area contributed by atoms with E-state index in [0.29, 0.717) is 18.6 Å². The number of aromatic amines is 1. The maximum Gasteiger partial charge on any atom is 0.0483 e. The van der Waals surface area contributed by atoms with Crippen molar-refractivity contribution in [2.75, 3.05) is 19.7 Å². The Balaban J connectivity index is 1.90. The summed E-state index contributed by atoms with van der Waals surface area (Å²) in [5.74, 6) is 0.498. The first-order chi connectivity index (χ1) is 6.31. The minimum Gasteiger partial charge on any atom is -0.396 e. The predicted octanol–water partition coefficient (Wildman–Crippen LogP) is 1.000. The zero-order valence-corrected chi connectivity index (χ0v) is 7.90. The van der Waals surface area contributed by atoms with Crippen molar-refractivity contribution in [1.29, 1.82) is 0 Å². The Kier molecular flexibility index (Phi) is 2.38. The van der Waals surface area contributed by atoms with Gasteiger partial charge in [0.15, 0.2) is 0 Å². The van der Waals surface area contributed by atoms with E-state index in [9.17, 15) is 0 Å². The molecule has 3 heteroatoms. The fourth-order valence-electron chi connectivity index (χ4n) is 1.84. The first kappa shape index (κ1) is 8.78. The third-order valence-electron chi connectivity index (χ3n) is 2.86. The second-order valence-electron chi connectivity index (χ2n) is 3.80. The highest BCUT2D eigenvalue weighted by Gasteiger charge is 2.30. The Morgan fingerprint density at radius 1 is 1.69 bits per heavy atom. The van der Waals surface area contributed by atoms with Gasteiger partial charge in [-0.2, -0.15) is 0 Å². The topological polar surface area (TPSA) is 39.3 Å². The fraction of sp³-hybridized carbons (Fsp3) is 0.600. The minimum absolute atomic E-state index is 0.327. The lowest BCUT2D eigenvalue weighted by atomic mass is 9.98. The smallest absolute Gasteiger partial charge is 0.0483 e. The number of rotatable bonds is 3. The lowest BCUT2D eigenvalue weighted by Crippen LogP contribution is -2.49. The summed E-state index contributed by atoms with van der Waals surface area (Å²) in [6.45, 7) is 4.57. The fourth-order valence-corrected chi connectivity index (χ4v) is 1.84. The third kappa shape index (κ3) is 1.62. The van der Waals surface area contributed by atoms with Gasteiger partial charge in [-0.15, -0.1) is 0 Å². The molecule has 0 unspecified atom stereocenters. The number of H-pyrrole nitrogens is 1. The highest BCUT2D eigenvalue weighted by molar-refractivity contribution is 5.09. The van der Waals surface area contributed by atoms with Gasteiger partial charge in [0.2, 0.25) is 0 Å². The number of nitrogens with zero attached hydrogens (tertiary/aromatic N) is 1. The molecule has 0 bridgehead atoms. The largest absolute Gasteiger partial charge is 0.396 e. The summed E-state index contributed by atoms with van der Waals surface area (Å²) in [5, 5.41) is 8.88. The molecular formula is C10H16N2O. The van der Waals surface area contributed by atoms with Crippen LogP contribution in [0, 0.1) is 5.92 Å². The summed E-state index contributed by atoms with van der Waals surface area (Å²) in [6, 6.07) is 4.59. The van der Waals surface area contributed by atoms with Crippen LogP contribution in [-0.2, 0) is 0 Å². The molecule has 2 N–H and O–H groups in total. The van der Waals surface area contributed by atoms with Crippen LogP contribution < -0.4 is 0 Å². The van der Waals surface area contributed by atoms with Crippen molar-refractivity contribution >= 4 is 0 Å². The first-order valence-electron chi connectivity index (χ1n) is 4.79. The van der Waals surface area contributed by atoms with Gasteiger partial charge in [0.05, 0.1) is 0 Å². The molecular weight excluding hydrogens is 164 g/mol. The second-order valence-corrected chi connectivity index (χ2v) is 3.80. The normalized spacial score (nSPS) is 21.4. The molecule has 0 amide bonds. The molecule has 1 aliphatic rings. The number of aliphatic hydroxyl groups is 1. The first-order valence-corrected chi connectivity index (χ1v) is 4.79. The summed E-state index contributed by atoms with van der Waals surface area (Å²) in [6.07, 6.45) is 1.95. The SMILES string of the molecule is C[C@H](c1ccc[nH]1)N1CC(CO)C1. The summed E-state index contributed by atoms with van der Waals surface area (Å²) >= 11 is 0. The maximum atomic E-state index is 8.88. The van der Waals surface area contributed by atoms with Gasteiger partial charge in [0.25, 0.3) is 0 Å². The monoisotopic (exact) mass is 180 g/mol. The van der Waals surface area contributed by atoms with E-state index in [1.54, 1.807) is 0 Å². The zero-order chi connectivity index (χ0) is 9.26. The van der Waals surface area contributed by atoms with E-state index in [1.165, 1.54) is 5.69 Å². The van der Waals surface area contributed by atoms with Crippen LogP contribution in [0.1, 0.15) is 18.7 Å². The van der Waals surface area contributed by atoms with Gasteiger partial charge in [-0.3, -0.25) is 4.90 Å². The molecule has 13 heavy (non-hydrogen) atoms. The molecule has 0 aromatic carbocycles.